The molecule has 1 aliphatic heterocycles. The number of thiazole rings is 1. The van der Waals surface area contributed by atoms with Crippen molar-refractivity contribution >= 4 is 39.2 Å². The number of anilines is 1. The number of hydrogen-bond acceptors (Lipinski definition) is 8. The molecule has 28 heavy (non-hydrogen) atoms. The van der Waals surface area contributed by atoms with Gasteiger partial charge in [-0.3, -0.25) is 0 Å². The number of carbonyl (C=O) groups is 1. The van der Waals surface area contributed by atoms with Crippen LogP contribution < -0.4 is 10.1 Å². The minimum atomic E-state index is -0.343. The highest BCUT2D eigenvalue weighted by molar-refractivity contribution is 9.10. The van der Waals surface area contributed by atoms with Crippen molar-refractivity contribution in [2.75, 3.05) is 25.5 Å². The monoisotopic (exact) mass is 467 g/mol. The van der Waals surface area contributed by atoms with E-state index < -0.39 is 0 Å². The number of likely N-dealkylation sites (tertiary alicyclic amines) is 1. The quantitative estimate of drug-likeness (QED) is 0.711. The smallest absolute Gasteiger partial charge is 0.409 e. The van der Waals surface area contributed by atoms with Gasteiger partial charge in [0.2, 0.25) is 5.88 Å². The summed E-state index contributed by atoms with van der Waals surface area (Å²) in [5.41, 5.74) is 0. The average molecular weight is 468 g/mol. The Bertz CT molecular complexity index is 823. The SMILES string of the molecule is COC(=O)N1CC(Oc2nc(-c3nccs3)nc(NC3CCCCC3)c2Br)C1. The van der Waals surface area contributed by atoms with Crippen LogP contribution in [0.5, 0.6) is 5.88 Å². The fraction of sp³-hybridized carbons (Fsp3) is 0.556. The van der Waals surface area contributed by atoms with E-state index in [1.807, 2.05) is 5.38 Å². The van der Waals surface area contributed by atoms with Crippen LogP contribution in [0.1, 0.15) is 32.1 Å². The fourth-order valence-electron chi connectivity index (χ4n) is 3.42. The largest absolute Gasteiger partial charge is 0.470 e. The third kappa shape index (κ3) is 4.22. The van der Waals surface area contributed by atoms with Gasteiger partial charge in [-0.1, -0.05) is 19.3 Å². The molecule has 0 unspecified atom stereocenters. The maximum absolute atomic E-state index is 11.5. The van der Waals surface area contributed by atoms with E-state index in [0.29, 0.717) is 35.3 Å². The van der Waals surface area contributed by atoms with E-state index in [9.17, 15) is 4.79 Å². The summed E-state index contributed by atoms with van der Waals surface area (Å²) in [7, 11) is 1.38. The van der Waals surface area contributed by atoms with Crippen LogP contribution in [0.15, 0.2) is 16.0 Å². The molecule has 0 aromatic carbocycles. The summed E-state index contributed by atoms with van der Waals surface area (Å²) in [5, 5.41) is 6.19. The number of carbonyl (C=O) groups excluding carboxylic acids is 1. The van der Waals surface area contributed by atoms with Crippen molar-refractivity contribution in [1.29, 1.82) is 0 Å². The summed E-state index contributed by atoms with van der Waals surface area (Å²) in [6, 6.07) is 0.399. The van der Waals surface area contributed by atoms with Crippen molar-refractivity contribution in [3.8, 4) is 16.7 Å². The van der Waals surface area contributed by atoms with E-state index in [2.05, 4.69) is 31.2 Å². The predicted molar refractivity (Wildman–Crippen MR) is 110 cm³/mol. The number of halogens is 1. The van der Waals surface area contributed by atoms with E-state index >= 15 is 0 Å². The molecule has 2 aliphatic rings. The number of rotatable bonds is 5. The van der Waals surface area contributed by atoms with Gasteiger partial charge < -0.3 is 19.7 Å². The Balaban J connectivity index is 1.55. The van der Waals surface area contributed by atoms with Crippen molar-refractivity contribution in [1.82, 2.24) is 19.9 Å². The van der Waals surface area contributed by atoms with Gasteiger partial charge in [0, 0.05) is 17.6 Å². The maximum Gasteiger partial charge on any atom is 0.409 e. The molecule has 10 heteroatoms. The van der Waals surface area contributed by atoms with E-state index in [1.165, 1.54) is 37.7 Å². The van der Waals surface area contributed by atoms with Crippen molar-refractivity contribution in [3.05, 3.63) is 16.0 Å². The summed E-state index contributed by atoms with van der Waals surface area (Å²) in [6.45, 7) is 0.947. The molecular formula is C18H22BrN5O3S. The Kier molecular flexibility index (Phi) is 5.96. The van der Waals surface area contributed by atoms with Gasteiger partial charge in [-0.05, 0) is 28.8 Å². The summed E-state index contributed by atoms with van der Waals surface area (Å²) >= 11 is 5.10. The second kappa shape index (κ2) is 8.60. The number of amides is 1. The first kappa shape index (κ1) is 19.4. The molecule has 0 atom stereocenters. The standard InChI is InChI=1S/C18H22BrN5O3S/c1-26-18(25)24-9-12(10-24)27-16-13(19)14(21-11-5-3-2-4-6-11)22-15(23-16)17-20-7-8-28-17/h7-8,11-12H,2-6,9-10H2,1H3,(H,21,22,23). The number of hydrogen-bond donors (Lipinski definition) is 1. The molecular weight excluding hydrogens is 446 g/mol. The maximum atomic E-state index is 11.5. The van der Waals surface area contributed by atoms with Crippen LogP contribution >= 0.6 is 27.3 Å². The minimum Gasteiger partial charge on any atom is -0.470 e. The number of nitrogens with one attached hydrogen (secondary N) is 1. The third-order valence-electron chi connectivity index (χ3n) is 4.95. The Morgan fingerprint density at radius 1 is 1.29 bits per heavy atom. The molecule has 2 fully saturated rings. The molecule has 1 saturated heterocycles. The van der Waals surface area contributed by atoms with Crippen molar-refractivity contribution in [2.24, 2.45) is 0 Å². The van der Waals surface area contributed by atoms with Gasteiger partial charge >= 0.3 is 6.09 Å². The second-order valence-corrected chi connectivity index (χ2v) is 8.63. The van der Waals surface area contributed by atoms with E-state index in [1.54, 1.807) is 11.1 Å². The fourth-order valence-corrected chi connectivity index (χ4v) is 4.37. The predicted octanol–water partition coefficient (Wildman–Crippen LogP) is 3.94. The Labute approximate surface area is 175 Å². The number of nitrogens with zero attached hydrogens (tertiary/aromatic N) is 4. The zero-order valence-corrected chi connectivity index (χ0v) is 18.0. The molecule has 150 valence electrons. The summed E-state index contributed by atoms with van der Waals surface area (Å²) < 4.78 is 11.5. The topological polar surface area (TPSA) is 89.5 Å². The van der Waals surface area contributed by atoms with Gasteiger partial charge in [0.25, 0.3) is 0 Å². The first-order chi connectivity index (χ1) is 13.6. The van der Waals surface area contributed by atoms with Gasteiger partial charge in [0.15, 0.2) is 10.8 Å². The highest BCUT2D eigenvalue weighted by Gasteiger charge is 2.34. The molecule has 1 amide bonds. The lowest BCUT2D eigenvalue weighted by Gasteiger charge is -2.37. The van der Waals surface area contributed by atoms with E-state index in [4.69, 9.17) is 14.5 Å². The van der Waals surface area contributed by atoms with Gasteiger partial charge in [-0.15, -0.1) is 11.3 Å². The number of ether oxygens (including phenoxy) is 2. The van der Waals surface area contributed by atoms with Gasteiger partial charge in [0.1, 0.15) is 16.4 Å². The van der Waals surface area contributed by atoms with Crippen LogP contribution in [0.3, 0.4) is 0 Å². The van der Waals surface area contributed by atoms with Gasteiger partial charge in [-0.25, -0.2) is 14.8 Å². The molecule has 3 heterocycles. The highest BCUT2D eigenvalue weighted by Crippen LogP contribution is 2.35. The molecule has 1 N–H and O–H groups in total. The number of aromatic nitrogens is 3. The Morgan fingerprint density at radius 3 is 2.75 bits per heavy atom. The Morgan fingerprint density at radius 2 is 2.07 bits per heavy atom. The van der Waals surface area contributed by atoms with Gasteiger partial charge in [-0.2, -0.15) is 4.98 Å². The second-order valence-electron chi connectivity index (χ2n) is 6.95. The normalized spacial score (nSPS) is 17.9. The number of methoxy groups -OCH3 is 1. The summed E-state index contributed by atoms with van der Waals surface area (Å²) in [6.07, 6.45) is 7.29. The van der Waals surface area contributed by atoms with Crippen LogP contribution in [0, 0.1) is 0 Å². The zero-order chi connectivity index (χ0) is 19.5. The van der Waals surface area contributed by atoms with Crippen LogP contribution in [-0.4, -0.2) is 58.3 Å². The molecule has 2 aromatic rings. The lowest BCUT2D eigenvalue weighted by molar-refractivity contribution is 0.0157. The van der Waals surface area contributed by atoms with Gasteiger partial charge in [0.05, 0.1) is 20.2 Å². The minimum absolute atomic E-state index is 0.128. The van der Waals surface area contributed by atoms with Crippen LogP contribution in [0.25, 0.3) is 10.8 Å². The van der Waals surface area contributed by atoms with Crippen LogP contribution in [0.4, 0.5) is 10.6 Å². The van der Waals surface area contributed by atoms with Crippen molar-refractivity contribution in [2.45, 2.75) is 44.2 Å². The first-order valence-electron chi connectivity index (χ1n) is 9.37. The van der Waals surface area contributed by atoms with Crippen LogP contribution in [-0.2, 0) is 4.74 Å². The average Bonchev–Trinajstić information content (AvgIpc) is 3.22. The van der Waals surface area contributed by atoms with Crippen molar-refractivity contribution < 1.29 is 14.3 Å². The molecule has 0 spiro atoms. The highest BCUT2D eigenvalue weighted by atomic mass is 79.9. The molecule has 1 saturated carbocycles. The molecule has 2 aromatic heterocycles. The Hall–Kier alpha value is -1.94. The van der Waals surface area contributed by atoms with E-state index in [-0.39, 0.29) is 12.2 Å². The summed E-state index contributed by atoms with van der Waals surface area (Å²) in [4.78, 5) is 26.7. The van der Waals surface area contributed by atoms with Crippen LogP contribution in [0.2, 0.25) is 0 Å². The lowest BCUT2D eigenvalue weighted by Crippen LogP contribution is -2.56. The van der Waals surface area contributed by atoms with Crippen molar-refractivity contribution in [3.63, 3.8) is 0 Å². The first-order valence-corrected chi connectivity index (χ1v) is 11.0. The zero-order valence-electron chi connectivity index (χ0n) is 15.6. The molecule has 1 aliphatic carbocycles. The lowest BCUT2D eigenvalue weighted by atomic mass is 9.95. The molecule has 4 rings (SSSR count). The third-order valence-corrected chi connectivity index (χ3v) is 6.43. The summed E-state index contributed by atoms with van der Waals surface area (Å²) in [5.74, 6) is 1.73. The van der Waals surface area contributed by atoms with E-state index in [0.717, 1.165) is 23.7 Å². The molecule has 0 radical (unpaired) electrons. The molecule has 0 bridgehead atoms. The molecule has 8 nitrogen and oxygen atoms in total.